The Hall–Kier alpha value is -2.86. The van der Waals surface area contributed by atoms with Crippen LogP contribution in [0.5, 0.6) is 0 Å². The number of pyridine rings is 1. The lowest BCUT2D eigenvalue weighted by Crippen LogP contribution is -2.15. The lowest BCUT2D eigenvalue weighted by Gasteiger charge is -2.11. The molecule has 5 nitrogen and oxygen atoms in total. The van der Waals surface area contributed by atoms with Crippen LogP contribution in [0.1, 0.15) is 40.9 Å². The Morgan fingerprint density at radius 1 is 1.07 bits per heavy atom. The predicted molar refractivity (Wildman–Crippen MR) is 122 cm³/mol. The number of aromatic nitrogens is 1. The van der Waals surface area contributed by atoms with Gasteiger partial charge >= 0.3 is 5.97 Å². The molecule has 3 rings (SSSR count). The first-order chi connectivity index (χ1) is 14.2. The number of carbonyl (C=O) groups is 2. The number of hydrogen-bond acceptors (Lipinski definition) is 5. The molecule has 0 spiro atoms. The Balaban J connectivity index is 1.67. The van der Waals surface area contributed by atoms with E-state index in [9.17, 15) is 9.59 Å². The second-order valence-electron chi connectivity index (χ2n) is 7.63. The van der Waals surface area contributed by atoms with Gasteiger partial charge < -0.3 is 10.1 Å². The molecule has 2 aromatic carbocycles. The van der Waals surface area contributed by atoms with Gasteiger partial charge in [0.1, 0.15) is 0 Å². The highest BCUT2D eigenvalue weighted by Gasteiger charge is 2.12. The minimum absolute atomic E-state index is 0.158. The standard InChI is InChI=1S/C24H26N2O3S/c1-14(2)29-24(28)18-7-6-8-19(12-18)25-21(27)13-30-22-11-16(4)20-10-15(3)9-17(5)23(20)26-22/h6-12,14H,13H2,1-5H3,(H,25,27). The van der Waals surface area contributed by atoms with E-state index in [1.165, 1.54) is 17.3 Å². The zero-order valence-corrected chi connectivity index (χ0v) is 18.7. The molecule has 0 aliphatic carbocycles. The summed E-state index contributed by atoms with van der Waals surface area (Å²) in [7, 11) is 0. The highest BCUT2D eigenvalue weighted by Crippen LogP contribution is 2.27. The molecule has 3 aromatic rings. The molecule has 0 atom stereocenters. The number of esters is 1. The van der Waals surface area contributed by atoms with E-state index in [-0.39, 0.29) is 17.8 Å². The number of fused-ring (bicyclic) bond motifs is 1. The Morgan fingerprint density at radius 2 is 1.83 bits per heavy atom. The van der Waals surface area contributed by atoms with E-state index in [1.54, 1.807) is 38.1 Å². The summed E-state index contributed by atoms with van der Waals surface area (Å²) in [6, 6.07) is 13.0. The first kappa shape index (κ1) is 21.8. The van der Waals surface area contributed by atoms with E-state index in [1.807, 2.05) is 6.07 Å². The smallest absolute Gasteiger partial charge is 0.338 e. The number of carbonyl (C=O) groups excluding carboxylic acids is 2. The van der Waals surface area contributed by atoms with Crippen LogP contribution >= 0.6 is 11.8 Å². The number of amides is 1. The van der Waals surface area contributed by atoms with E-state index < -0.39 is 5.97 Å². The fraction of sp³-hybridized carbons (Fsp3) is 0.292. The normalized spacial score (nSPS) is 11.0. The van der Waals surface area contributed by atoms with Crippen molar-refractivity contribution in [2.45, 2.75) is 45.7 Å². The molecule has 0 aliphatic rings. The average Bonchev–Trinajstić information content (AvgIpc) is 2.67. The largest absolute Gasteiger partial charge is 0.459 e. The molecule has 0 saturated heterocycles. The van der Waals surface area contributed by atoms with Crippen LogP contribution in [-0.2, 0) is 9.53 Å². The number of anilines is 1. The highest BCUT2D eigenvalue weighted by molar-refractivity contribution is 7.99. The lowest BCUT2D eigenvalue weighted by atomic mass is 10.0. The fourth-order valence-electron chi connectivity index (χ4n) is 3.23. The third-order valence-corrected chi connectivity index (χ3v) is 5.42. The third kappa shape index (κ3) is 5.39. The van der Waals surface area contributed by atoms with Gasteiger partial charge in [0, 0.05) is 11.1 Å². The quantitative estimate of drug-likeness (QED) is 0.422. The second kappa shape index (κ2) is 9.30. The van der Waals surface area contributed by atoms with Crippen molar-refractivity contribution in [3.05, 3.63) is 64.7 Å². The average molecular weight is 423 g/mol. The van der Waals surface area contributed by atoms with E-state index >= 15 is 0 Å². The highest BCUT2D eigenvalue weighted by atomic mass is 32.2. The maximum Gasteiger partial charge on any atom is 0.338 e. The zero-order chi connectivity index (χ0) is 21.8. The summed E-state index contributed by atoms with van der Waals surface area (Å²) in [6.45, 7) is 9.79. The van der Waals surface area contributed by atoms with Crippen LogP contribution in [0.3, 0.4) is 0 Å². The van der Waals surface area contributed by atoms with E-state index in [4.69, 9.17) is 9.72 Å². The van der Waals surface area contributed by atoms with Crippen LogP contribution in [0, 0.1) is 20.8 Å². The maximum absolute atomic E-state index is 12.4. The molecule has 0 unspecified atom stereocenters. The lowest BCUT2D eigenvalue weighted by molar-refractivity contribution is -0.113. The molecule has 0 aliphatic heterocycles. The van der Waals surface area contributed by atoms with Gasteiger partial charge in [0.15, 0.2) is 0 Å². The van der Waals surface area contributed by atoms with Crippen molar-refractivity contribution in [2.75, 3.05) is 11.1 Å². The van der Waals surface area contributed by atoms with Gasteiger partial charge in [-0.2, -0.15) is 0 Å². The van der Waals surface area contributed by atoms with Crippen molar-refractivity contribution in [1.29, 1.82) is 0 Å². The van der Waals surface area contributed by atoms with Gasteiger partial charge in [-0.15, -0.1) is 0 Å². The Labute approximate surface area is 181 Å². The molecular formula is C24H26N2O3S. The maximum atomic E-state index is 12.4. The van der Waals surface area contributed by atoms with E-state index in [2.05, 4.69) is 38.2 Å². The molecule has 1 aromatic heterocycles. The Bertz CT molecular complexity index is 1110. The number of aryl methyl sites for hydroxylation is 3. The molecule has 0 fully saturated rings. The molecule has 6 heteroatoms. The molecule has 1 amide bonds. The number of thioether (sulfide) groups is 1. The summed E-state index contributed by atoms with van der Waals surface area (Å²) in [6.07, 6.45) is -0.197. The number of nitrogens with one attached hydrogen (secondary N) is 1. The zero-order valence-electron chi connectivity index (χ0n) is 17.9. The number of benzene rings is 2. The van der Waals surface area contributed by atoms with Gasteiger partial charge in [-0.25, -0.2) is 9.78 Å². The fourth-order valence-corrected chi connectivity index (χ4v) is 4.00. The number of hydrogen-bond donors (Lipinski definition) is 1. The number of rotatable bonds is 6. The molecule has 1 heterocycles. The number of nitrogens with zero attached hydrogens (tertiary/aromatic N) is 1. The minimum Gasteiger partial charge on any atom is -0.459 e. The van der Waals surface area contributed by atoms with Gasteiger partial charge in [-0.05, 0) is 76.1 Å². The first-order valence-corrected chi connectivity index (χ1v) is 10.8. The van der Waals surface area contributed by atoms with Crippen LogP contribution in [0.2, 0.25) is 0 Å². The SMILES string of the molecule is Cc1cc(C)c2nc(SCC(=O)Nc3cccc(C(=O)OC(C)C)c3)cc(C)c2c1. The van der Waals surface area contributed by atoms with Crippen molar-refractivity contribution in [1.82, 2.24) is 4.98 Å². The Morgan fingerprint density at radius 3 is 2.57 bits per heavy atom. The molecule has 156 valence electrons. The third-order valence-electron chi connectivity index (χ3n) is 4.51. The Kier molecular flexibility index (Phi) is 6.77. The molecule has 0 saturated carbocycles. The topological polar surface area (TPSA) is 68.3 Å². The minimum atomic E-state index is -0.406. The van der Waals surface area contributed by atoms with E-state index in [0.29, 0.717) is 11.3 Å². The summed E-state index contributed by atoms with van der Waals surface area (Å²) >= 11 is 1.39. The van der Waals surface area contributed by atoms with E-state index in [0.717, 1.165) is 27.1 Å². The van der Waals surface area contributed by atoms with Crippen LogP contribution in [0.15, 0.2) is 47.5 Å². The van der Waals surface area contributed by atoms with Gasteiger partial charge in [0.25, 0.3) is 0 Å². The van der Waals surface area contributed by atoms with Crippen molar-refractivity contribution in [3.63, 3.8) is 0 Å². The summed E-state index contributed by atoms with van der Waals surface area (Å²) in [5.41, 5.74) is 5.43. The van der Waals surface area contributed by atoms with Gasteiger partial charge in [0.2, 0.25) is 5.91 Å². The van der Waals surface area contributed by atoms with Crippen LogP contribution in [-0.4, -0.2) is 28.7 Å². The molecule has 0 bridgehead atoms. The molecule has 0 radical (unpaired) electrons. The van der Waals surface area contributed by atoms with Gasteiger partial charge in [-0.1, -0.05) is 29.5 Å². The van der Waals surface area contributed by atoms with Crippen LogP contribution < -0.4 is 5.32 Å². The summed E-state index contributed by atoms with van der Waals surface area (Å²) in [5.74, 6) is -0.338. The van der Waals surface area contributed by atoms with Gasteiger partial charge in [0.05, 0.1) is 28.0 Å². The number of ether oxygens (including phenoxy) is 1. The van der Waals surface area contributed by atoms with Crippen molar-refractivity contribution >= 4 is 40.2 Å². The second-order valence-corrected chi connectivity index (χ2v) is 8.62. The van der Waals surface area contributed by atoms with Crippen molar-refractivity contribution in [3.8, 4) is 0 Å². The molecular weight excluding hydrogens is 396 g/mol. The summed E-state index contributed by atoms with van der Waals surface area (Å²) < 4.78 is 5.20. The molecule has 1 N–H and O–H groups in total. The predicted octanol–water partition coefficient (Wildman–Crippen LogP) is 5.46. The van der Waals surface area contributed by atoms with Crippen LogP contribution in [0.25, 0.3) is 10.9 Å². The van der Waals surface area contributed by atoms with Gasteiger partial charge in [-0.3, -0.25) is 4.79 Å². The van der Waals surface area contributed by atoms with Crippen molar-refractivity contribution < 1.29 is 14.3 Å². The summed E-state index contributed by atoms with van der Waals surface area (Å²) in [4.78, 5) is 29.2. The van der Waals surface area contributed by atoms with Crippen molar-refractivity contribution in [2.24, 2.45) is 0 Å². The molecule has 30 heavy (non-hydrogen) atoms. The monoisotopic (exact) mass is 422 g/mol. The van der Waals surface area contributed by atoms with Crippen LogP contribution in [0.4, 0.5) is 5.69 Å². The summed E-state index contributed by atoms with van der Waals surface area (Å²) in [5, 5.41) is 4.80. The first-order valence-electron chi connectivity index (χ1n) is 9.85.